The molecule has 1 aromatic heterocycles. The Hall–Kier alpha value is -2.77. The van der Waals surface area contributed by atoms with E-state index in [0.29, 0.717) is 12.2 Å². The molecule has 158 valence electrons. The molecule has 0 radical (unpaired) electrons. The number of carbonyl (C=O) groups excluding carboxylic acids is 1. The highest BCUT2D eigenvalue weighted by molar-refractivity contribution is 7.71. The van der Waals surface area contributed by atoms with Gasteiger partial charge in [-0.3, -0.25) is 9.36 Å². The molecule has 0 saturated heterocycles. The molecule has 3 aromatic rings. The van der Waals surface area contributed by atoms with Gasteiger partial charge in [0.15, 0.2) is 12.5 Å². The summed E-state index contributed by atoms with van der Waals surface area (Å²) in [5.74, 6) is 0.854. The number of amides is 1. The lowest BCUT2D eigenvalue weighted by atomic mass is 10.1. The van der Waals surface area contributed by atoms with E-state index in [9.17, 15) is 4.79 Å². The minimum Gasteiger partial charge on any atom is -0.355 e. The predicted octanol–water partition coefficient (Wildman–Crippen LogP) is 2.83. The van der Waals surface area contributed by atoms with E-state index < -0.39 is 0 Å². The number of hydrogen-bond donors (Lipinski definition) is 2. The zero-order valence-corrected chi connectivity index (χ0v) is 18.9. The van der Waals surface area contributed by atoms with E-state index in [1.807, 2.05) is 28.9 Å². The van der Waals surface area contributed by atoms with Crippen LogP contribution in [-0.2, 0) is 19.8 Å². The monoisotopic (exact) mass is 424 g/mol. The second kappa shape index (κ2) is 9.82. The van der Waals surface area contributed by atoms with Gasteiger partial charge in [-0.15, -0.1) is 5.10 Å². The number of hydrogen-bond acceptors (Lipinski definition) is 3. The number of carbonyl (C=O) groups is 1. The molecule has 0 bridgehead atoms. The number of quaternary nitrogens is 1. The summed E-state index contributed by atoms with van der Waals surface area (Å²) in [5.41, 5.74) is 4.13. The molecule has 0 aliphatic rings. The Bertz CT molecular complexity index is 1070. The van der Waals surface area contributed by atoms with Crippen LogP contribution in [0.5, 0.6) is 0 Å². The molecule has 1 unspecified atom stereocenters. The van der Waals surface area contributed by atoms with E-state index in [4.69, 9.17) is 17.3 Å². The maximum absolute atomic E-state index is 11.7. The summed E-state index contributed by atoms with van der Waals surface area (Å²) in [4.78, 5) is 13.0. The Morgan fingerprint density at radius 1 is 1.20 bits per heavy atom. The Labute approximate surface area is 183 Å². The topological polar surface area (TPSA) is 56.3 Å². The largest absolute Gasteiger partial charge is 0.355 e. The highest BCUT2D eigenvalue weighted by Crippen LogP contribution is 2.20. The van der Waals surface area contributed by atoms with Crippen LogP contribution in [0.25, 0.3) is 11.4 Å². The summed E-state index contributed by atoms with van der Waals surface area (Å²) < 4.78 is 4.81. The number of aryl methyl sites for hydroxylation is 1. The van der Waals surface area contributed by atoms with Crippen LogP contribution in [0.15, 0.2) is 48.5 Å². The fraction of sp³-hybridized carbons (Fsp3) is 0.348. The van der Waals surface area contributed by atoms with E-state index >= 15 is 0 Å². The summed E-state index contributed by atoms with van der Waals surface area (Å²) in [6.07, 6.45) is 0.999. The van der Waals surface area contributed by atoms with Gasteiger partial charge in [-0.2, -0.15) is 4.68 Å². The fourth-order valence-electron chi connectivity index (χ4n) is 3.55. The number of benzene rings is 2. The van der Waals surface area contributed by atoms with Crippen molar-refractivity contribution in [2.45, 2.75) is 40.0 Å². The Morgan fingerprint density at radius 2 is 1.93 bits per heavy atom. The van der Waals surface area contributed by atoms with Crippen LogP contribution in [0.1, 0.15) is 34.8 Å². The fourth-order valence-corrected chi connectivity index (χ4v) is 3.83. The standard InChI is InChI=1S/C23H29N5OS/c1-5-13-27-21(20-8-6-7-17(2)14-20)25-28(23(27)30)16-26(4)15-18-9-11-19(12-10-18)22(29)24-3/h6-12,14H,5,13,15-16H2,1-4H3,(H,24,29)/p+1. The number of rotatable bonds is 8. The minimum atomic E-state index is -0.0707. The highest BCUT2D eigenvalue weighted by atomic mass is 32.1. The summed E-state index contributed by atoms with van der Waals surface area (Å²) >= 11 is 5.76. The van der Waals surface area contributed by atoms with Crippen molar-refractivity contribution in [3.63, 3.8) is 0 Å². The van der Waals surface area contributed by atoms with Gasteiger partial charge in [-0.25, -0.2) is 0 Å². The molecule has 3 rings (SSSR count). The maximum atomic E-state index is 11.7. The van der Waals surface area contributed by atoms with Crippen LogP contribution in [0.4, 0.5) is 0 Å². The number of nitrogens with zero attached hydrogens (tertiary/aromatic N) is 3. The van der Waals surface area contributed by atoms with Gasteiger partial charge in [0.05, 0.1) is 7.05 Å². The lowest BCUT2D eigenvalue weighted by Crippen LogP contribution is -3.07. The summed E-state index contributed by atoms with van der Waals surface area (Å²) in [6.45, 7) is 6.58. The van der Waals surface area contributed by atoms with Crippen molar-refractivity contribution in [1.29, 1.82) is 0 Å². The lowest BCUT2D eigenvalue weighted by molar-refractivity contribution is -0.917. The van der Waals surface area contributed by atoms with Gasteiger partial charge in [0.25, 0.3) is 5.91 Å². The van der Waals surface area contributed by atoms with Gasteiger partial charge >= 0.3 is 0 Å². The second-order valence-electron chi connectivity index (χ2n) is 7.69. The lowest BCUT2D eigenvalue weighted by Gasteiger charge is -2.14. The molecular weight excluding hydrogens is 394 g/mol. The van der Waals surface area contributed by atoms with Crippen molar-refractivity contribution in [3.8, 4) is 11.4 Å². The van der Waals surface area contributed by atoms with Crippen molar-refractivity contribution in [2.75, 3.05) is 14.1 Å². The van der Waals surface area contributed by atoms with Gasteiger partial charge in [-0.1, -0.05) is 42.8 Å². The molecule has 2 aromatic carbocycles. The van der Waals surface area contributed by atoms with Crippen LogP contribution in [0.3, 0.4) is 0 Å². The van der Waals surface area contributed by atoms with Crippen LogP contribution in [0, 0.1) is 11.7 Å². The molecule has 6 nitrogen and oxygen atoms in total. The first kappa shape index (κ1) is 21.9. The van der Waals surface area contributed by atoms with E-state index in [2.05, 4.69) is 55.0 Å². The third-order valence-electron chi connectivity index (χ3n) is 5.02. The number of aromatic nitrogens is 3. The highest BCUT2D eigenvalue weighted by Gasteiger charge is 2.15. The van der Waals surface area contributed by atoms with Crippen LogP contribution >= 0.6 is 12.2 Å². The zero-order chi connectivity index (χ0) is 21.7. The summed E-state index contributed by atoms with van der Waals surface area (Å²) in [5, 5.41) is 7.52. The molecule has 0 aliphatic heterocycles. The van der Waals surface area contributed by atoms with Gasteiger partial charge in [0, 0.05) is 30.3 Å². The minimum absolute atomic E-state index is 0.0707. The van der Waals surface area contributed by atoms with Crippen molar-refractivity contribution in [1.82, 2.24) is 19.7 Å². The van der Waals surface area contributed by atoms with Gasteiger partial charge in [0.1, 0.15) is 6.54 Å². The Balaban J connectivity index is 1.79. The predicted molar refractivity (Wildman–Crippen MR) is 122 cm³/mol. The van der Waals surface area contributed by atoms with E-state index in [1.54, 1.807) is 7.05 Å². The Morgan fingerprint density at radius 3 is 2.57 bits per heavy atom. The quantitative estimate of drug-likeness (QED) is 0.547. The molecule has 0 aliphatic carbocycles. The molecule has 30 heavy (non-hydrogen) atoms. The normalized spacial score (nSPS) is 12.0. The van der Waals surface area contributed by atoms with E-state index in [1.165, 1.54) is 16.0 Å². The van der Waals surface area contributed by atoms with E-state index in [-0.39, 0.29) is 5.91 Å². The molecule has 0 spiro atoms. The van der Waals surface area contributed by atoms with E-state index in [0.717, 1.165) is 35.7 Å². The molecule has 7 heteroatoms. The first-order valence-electron chi connectivity index (χ1n) is 10.3. The molecule has 1 amide bonds. The first-order valence-corrected chi connectivity index (χ1v) is 10.7. The van der Waals surface area contributed by atoms with Crippen molar-refractivity contribution >= 4 is 18.1 Å². The second-order valence-corrected chi connectivity index (χ2v) is 8.06. The van der Waals surface area contributed by atoms with Crippen molar-refractivity contribution in [3.05, 3.63) is 70.0 Å². The van der Waals surface area contributed by atoms with Gasteiger partial charge < -0.3 is 10.2 Å². The average Bonchev–Trinajstić information content (AvgIpc) is 3.04. The molecule has 2 N–H and O–H groups in total. The van der Waals surface area contributed by atoms with Crippen molar-refractivity contribution < 1.29 is 9.69 Å². The smallest absolute Gasteiger partial charge is 0.251 e. The number of nitrogens with one attached hydrogen (secondary N) is 2. The summed E-state index contributed by atoms with van der Waals surface area (Å²) in [7, 11) is 3.76. The van der Waals surface area contributed by atoms with Crippen molar-refractivity contribution in [2.24, 2.45) is 0 Å². The maximum Gasteiger partial charge on any atom is 0.251 e. The zero-order valence-electron chi connectivity index (χ0n) is 18.1. The Kier molecular flexibility index (Phi) is 7.18. The van der Waals surface area contributed by atoms with Crippen LogP contribution < -0.4 is 10.2 Å². The molecular formula is C23H30N5OS+. The van der Waals surface area contributed by atoms with Gasteiger partial charge in [-0.05, 0) is 43.8 Å². The van der Waals surface area contributed by atoms with Crippen LogP contribution in [0.2, 0.25) is 0 Å². The first-order chi connectivity index (χ1) is 14.4. The summed E-state index contributed by atoms with van der Waals surface area (Å²) in [6, 6.07) is 16.1. The van der Waals surface area contributed by atoms with Gasteiger partial charge in [0.2, 0.25) is 4.77 Å². The molecule has 0 saturated carbocycles. The SMILES string of the molecule is CCCn1c(-c2cccc(C)c2)nn(C[NH+](C)Cc2ccc(C(=O)NC)cc2)c1=S. The van der Waals surface area contributed by atoms with Crippen LogP contribution in [-0.4, -0.2) is 34.4 Å². The average molecular weight is 425 g/mol. The molecule has 1 atom stereocenters. The third kappa shape index (κ3) is 5.04. The molecule has 1 heterocycles. The third-order valence-corrected chi connectivity index (χ3v) is 5.45. The molecule has 0 fully saturated rings.